The fraction of sp³-hybridized carbons (Fsp3) is 0.968. The van der Waals surface area contributed by atoms with Gasteiger partial charge in [0.05, 0.1) is 12.2 Å². The summed E-state index contributed by atoms with van der Waals surface area (Å²) in [4.78, 5) is 12.2. The van der Waals surface area contributed by atoms with E-state index in [1.807, 2.05) is 0 Å². The van der Waals surface area contributed by atoms with E-state index in [0.29, 0.717) is 42.9 Å². The van der Waals surface area contributed by atoms with Gasteiger partial charge in [0, 0.05) is 6.92 Å². The Morgan fingerprint density at radius 1 is 0.860 bits per heavy atom. The first kappa shape index (κ1) is 35.1. The largest absolute Gasteiger partial charge is 0.462 e. The summed E-state index contributed by atoms with van der Waals surface area (Å²) in [6.07, 6.45) is 5.79. The van der Waals surface area contributed by atoms with Gasteiger partial charge in [-0.05, 0) is 116 Å². The number of carbonyl (C=O) groups excluding carboxylic acids is 1. The van der Waals surface area contributed by atoms with Crippen molar-refractivity contribution in [3.05, 3.63) is 0 Å². The molecule has 0 bridgehead atoms. The Bertz CT molecular complexity index is 1220. The van der Waals surface area contributed by atoms with Gasteiger partial charge in [0.25, 0.3) is 0 Å². The molecule has 0 saturated heterocycles. The molecule has 12 atom stereocenters. The fourth-order valence-electron chi connectivity index (χ4n) is 10.7. The van der Waals surface area contributed by atoms with Crippen molar-refractivity contribution in [1.82, 2.24) is 0 Å². The Labute approximate surface area is 259 Å². The summed E-state index contributed by atoms with van der Waals surface area (Å²) >= 11 is 0. The zero-order valence-corrected chi connectivity index (χ0v) is 28.5. The number of hydrogen-bond donors (Lipinski definition) is 2. The van der Waals surface area contributed by atoms with Crippen LogP contribution >= 0.6 is 0 Å². The van der Waals surface area contributed by atoms with Gasteiger partial charge in [-0.1, -0.05) is 48.0 Å². The molecule has 43 heavy (non-hydrogen) atoms. The minimum atomic E-state index is -4.75. The SMILES string of the molecule is CCC(CC(OC(C)=O)C(C)C1CCC2C3CC(OS(=O)(=O)O)C4CC(OS(=O)(=O)O)CCC4(C)C3CCC12C)C(C)C. The summed E-state index contributed by atoms with van der Waals surface area (Å²) in [5.41, 5.74) is -0.357. The summed E-state index contributed by atoms with van der Waals surface area (Å²) in [7, 11) is -9.41. The van der Waals surface area contributed by atoms with Gasteiger partial charge in [0.15, 0.2) is 0 Å². The summed E-state index contributed by atoms with van der Waals surface area (Å²) in [6.45, 7) is 14.9. The first-order valence-electron chi connectivity index (χ1n) is 16.3. The highest BCUT2D eigenvalue weighted by Gasteiger charge is 2.64. The van der Waals surface area contributed by atoms with Crippen LogP contribution in [0.4, 0.5) is 0 Å². The molecule has 4 rings (SSSR count). The van der Waals surface area contributed by atoms with Crippen molar-refractivity contribution in [3.63, 3.8) is 0 Å². The lowest BCUT2D eigenvalue weighted by Crippen LogP contribution is -2.59. The van der Waals surface area contributed by atoms with Crippen LogP contribution in [-0.4, -0.2) is 50.2 Å². The second-order valence-corrected chi connectivity index (χ2v) is 17.2. The monoisotopic (exact) mass is 650 g/mol. The lowest BCUT2D eigenvalue weighted by atomic mass is 9.43. The topological polar surface area (TPSA) is 154 Å². The molecule has 4 aliphatic carbocycles. The summed E-state index contributed by atoms with van der Waals surface area (Å²) in [5.74, 6) is 1.65. The summed E-state index contributed by atoms with van der Waals surface area (Å²) in [6, 6.07) is 0. The number of fused-ring (bicyclic) bond motifs is 5. The predicted molar refractivity (Wildman–Crippen MR) is 161 cm³/mol. The van der Waals surface area contributed by atoms with Gasteiger partial charge in [-0.15, -0.1) is 0 Å². The molecule has 4 saturated carbocycles. The molecule has 2 N–H and O–H groups in total. The third-order valence-electron chi connectivity index (χ3n) is 12.7. The number of carbonyl (C=O) groups is 1. The third kappa shape index (κ3) is 7.45. The Morgan fingerprint density at radius 3 is 2.02 bits per heavy atom. The van der Waals surface area contributed by atoms with Gasteiger partial charge >= 0.3 is 26.8 Å². The highest BCUT2D eigenvalue weighted by Crippen LogP contribution is 2.69. The van der Waals surface area contributed by atoms with Crippen molar-refractivity contribution in [3.8, 4) is 0 Å². The first-order chi connectivity index (χ1) is 19.8. The van der Waals surface area contributed by atoms with Gasteiger partial charge in [-0.3, -0.25) is 13.9 Å². The van der Waals surface area contributed by atoms with Crippen molar-refractivity contribution in [2.45, 2.75) is 131 Å². The molecule has 4 fully saturated rings. The highest BCUT2D eigenvalue weighted by atomic mass is 32.3. The summed E-state index contributed by atoms with van der Waals surface area (Å²) in [5, 5.41) is 0. The maximum Gasteiger partial charge on any atom is 0.397 e. The van der Waals surface area contributed by atoms with E-state index in [0.717, 1.165) is 38.5 Å². The first-order valence-corrected chi connectivity index (χ1v) is 19.0. The van der Waals surface area contributed by atoms with E-state index in [1.165, 1.54) is 6.92 Å². The molecule has 0 aliphatic heterocycles. The number of esters is 1. The second kappa shape index (κ2) is 12.8. The Kier molecular flexibility index (Phi) is 10.4. The molecule has 0 heterocycles. The van der Waals surface area contributed by atoms with E-state index in [9.17, 15) is 30.7 Å². The molecule has 0 aromatic heterocycles. The Morgan fingerprint density at radius 2 is 1.47 bits per heavy atom. The molecule has 0 radical (unpaired) electrons. The molecule has 0 amide bonds. The minimum Gasteiger partial charge on any atom is -0.462 e. The van der Waals surface area contributed by atoms with Crippen molar-refractivity contribution < 1.29 is 43.8 Å². The maximum absolute atomic E-state index is 12.2. The van der Waals surface area contributed by atoms with Crippen LogP contribution in [0, 0.1) is 58.2 Å². The molecule has 12 heteroatoms. The van der Waals surface area contributed by atoms with Gasteiger partial charge in [0.2, 0.25) is 0 Å². The summed E-state index contributed by atoms with van der Waals surface area (Å²) < 4.78 is 82.4. The van der Waals surface area contributed by atoms with Crippen LogP contribution in [0.2, 0.25) is 0 Å². The van der Waals surface area contributed by atoms with Crippen molar-refractivity contribution in [2.75, 3.05) is 0 Å². The van der Waals surface area contributed by atoms with Crippen LogP contribution in [0.15, 0.2) is 0 Å². The molecular formula is C31H54O10S2. The number of rotatable bonds is 11. The quantitative estimate of drug-likeness (QED) is 0.193. The zero-order chi connectivity index (χ0) is 32.1. The van der Waals surface area contributed by atoms with Gasteiger partial charge in [-0.25, -0.2) is 8.37 Å². The van der Waals surface area contributed by atoms with Crippen LogP contribution in [0.3, 0.4) is 0 Å². The predicted octanol–water partition coefficient (Wildman–Crippen LogP) is 6.27. The minimum absolute atomic E-state index is 0.0182. The van der Waals surface area contributed by atoms with Crippen LogP contribution < -0.4 is 0 Å². The molecule has 10 nitrogen and oxygen atoms in total. The van der Waals surface area contributed by atoms with Gasteiger partial charge in [-0.2, -0.15) is 16.8 Å². The number of hydrogen-bond acceptors (Lipinski definition) is 8. The molecule has 250 valence electrons. The zero-order valence-electron chi connectivity index (χ0n) is 26.9. The smallest absolute Gasteiger partial charge is 0.397 e. The van der Waals surface area contributed by atoms with Crippen molar-refractivity contribution in [2.24, 2.45) is 58.2 Å². The van der Waals surface area contributed by atoms with E-state index in [1.54, 1.807) is 0 Å². The third-order valence-corrected chi connectivity index (χ3v) is 13.7. The lowest BCUT2D eigenvalue weighted by Gasteiger charge is -2.62. The van der Waals surface area contributed by atoms with Crippen molar-refractivity contribution in [1.29, 1.82) is 0 Å². The van der Waals surface area contributed by atoms with Crippen LogP contribution in [-0.2, 0) is 38.7 Å². The average Bonchev–Trinajstić information content (AvgIpc) is 3.22. The second-order valence-electron chi connectivity index (χ2n) is 15.1. The van der Waals surface area contributed by atoms with E-state index in [4.69, 9.17) is 13.1 Å². The van der Waals surface area contributed by atoms with Gasteiger partial charge in [0.1, 0.15) is 6.10 Å². The normalized spacial score (nSPS) is 40.2. The van der Waals surface area contributed by atoms with Crippen LogP contribution in [0.5, 0.6) is 0 Å². The number of ether oxygens (including phenoxy) is 1. The lowest BCUT2D eigenvalue weighted by molar-refractivity contribution is -0.169. The van der Waals surface area contributed by atoms with Crippen LogP contribution in [0.25, 0.3) is 0 Å². The van der Waals surface area contributed by atoms with E-state index in [-0.39, 0.29) is 53.0 Å². The molecule has 4 aliphatic rings. The molecular weight excluding hydrogens is 596 g/mol. The van der Waals surface area contributed by atoms with Crippen molar-refractivity contribution >= 4 is 26.8 Å². The molecule has 0 spiro atoms. The Hall–Kier alpha value is -0.790. The van der Waals surface area contributed by atoms with E-state index >= 15 is 0 Å². The molecule has 0 aromatic rings. The fourth-order valence-corrected chi connectivity index (χ4v) is 11.8. The molecule has 0 aromatic carbocycles. The molecule has 12 unspecified atom stereocenters. The average molecular weight is 651 g/mol. The highest BCUT2D eigenvalue weighted by molar-refractivity contribution is 7.81. The van der Waals surface area contributed by atoms with Crippen LogP contribution in [0.1, 0.15) is 113 Å². The van der Waals surface area contributed by atoms with Gasteiger partial charge < -0.3 is 4.74 Å². The maximum atomic E-state index is 12.2. The Balaban J connectivity index is 1.62. The van der Waals surface area contributed by atoms with E-state index < -0.39 is 33.0 Å². The standard InChI is InChI=1S/C31H54O10S2/c1-8-21(18(2)3)15-28(39-20(5)32)19(4)24-9-10-25-23-17-29(41-43(36,37)38)27-16-22(40-42(33,34)35)11-13-31(27,7)26(23)12-14-30(24,25)6/h18-19,21-29H,8-17H2,1-7H3,(H,33,34,35)(H,36,37,38). The van der Waals surface area contributed by atoms with E-state index in [2.05, 4.69) is 41.5 Å².